The van der Waals surface area contributed by atoms with Crippen LogP contribution in [0.15, 0.2) is 22.2 Å². The Morgan fingerprint density at radius 1 is 1.36 bits per heavy atom. The van der Waals surface area contributed by atoms with E-state index in [1.807, 2.05) is 23.3 Å². The van der Waals surface area contributed by atoms with E-state index in [9.17, 15) is 9.59 Å². The fraction of sp³-hybridized carbons (Fsp3) is 0.688. The third kappa shape index (κ3) is 3.91. The van der Waals surface area contributed by atoms with Crippen molar-refractivity contribution in [2.24, 2.45) is 0 Å². The predicted molar refractivity (Wildman–Crippen MR) is 89.2 cm³/mol. The van der Waals surface area contributed by atoms with Crippen molar-refractivity contribution >= 4 is 17.7 Å². The zero-order valence-corrected chi connectivity index (χ0v) is 14.6. The highest BCUT2D eigenvalue weighted by Gasteiger charge is 2.28. The van der Waals surface area contributed by atoms with Crippen molar-refractivity contribution in [2.45, 2.75) is 70.2 Å². The highest BCUT2D eigenvalue weighted by atomic mass is 32.2. The normalized spacial score (nSPS) is 22.1. The first kappa shape index (κ1) is 17.1. The number of rotatable bonds is 4. The SMILES string of the molecule is CC(C)n1ccc(=O)nc1SCC(=O)N1[C@H](C)CCC[C@@H]1C. The number of amides is 1. The minimum Gasteiger partial charge on any atom is -0.337 e. The Morgan fingerprint density at radius 2 is 2.00 bits per heavy atom. The van der Waals surface area contributed by atoms with E-state index in [1.54, 1.807) is 6.20 Å². The average molecular weight is 323 g/mol. The lowest BCUT2D eigenvalue weighted by molar-refractivity contribution is -0.134. The highest BCUT2D eigenvalue weighted by molar-refractivity contribution is 7.99. The Bertz CT molecular complexity index is 575. The zero-order valence-electron chi connectivity index (χ0n) is 13.8. The van der Waals surface area contributed by atoms with Gasteiger partial charge in [-0.2, -0.15) is 4.98 Å². The summed E-state index contributed by atoms with van der Waals surface area (Å²) < 4.78 is 1.93. The second-order valence-electron chi connectivity index (χ2n) is 6.27. The number of hydrogen-bond donors (Lipinski definition) is 0. The predicted octanol–water partition coefficient (Wildman–Crippen LogP) is 2.71. The van der Waals surface area contributed by atoms with E-state index in [1.165, 1.54) is 24.2 Å². The summed E-state index contributed by atoms with van der Waals surface area (Å²) in [7, 11) is 0. The van der Waals surface area contributed by atoms with Crippen LogP contribution in [0.5, 0.6) is 0 Å². The van der Waals surface area contributed by atoms with Crippen LogP contribution in [-0.4, -0.2) is 38.2 Å². The molecule has 0 aromatic carbocycles. The van der Waals surface area contributed by atoms with Crippen molar-refractivity contribution in [3.05, 3.63) is 22.6 Å². The average Bonchev–Trinajstić information content (AvgIpc) is 2.44. The van der Waals surface area contributed by atoms with E-state index in [2.05, 4.69) is 18.8 Å². The standard InChI is InChI=1S/C16H25N3O2S/c1-11(2)18-9-8-14(20)17-16(18)22-10-15(21)19-12(3)6-5-7-13(19)4/h8-9,11-13H,5-7,10H2,1-4H3/t12-,13+. The molecule has 1 aromatic rings. The van der Waals surface area contributed by atoms with Gasteiger partial charge < -0.3 is 9.47 Å². The van der Waals surface area contributed by atoms with Gasteiger partial charge in [0.25, 0.3) is 5.56 Å². The molecule has 122 valence electrons. The number of aromatic nitrogens is 2. The first-order valence-corrected chi connectivity index (χ1v) is 8.92. The van der Waals surface area contributed by atoms with E-state index in [4.69, 9.17) is 0 Å². The van der Waals surface area contributed by atoms with Crippen LogP contribution in [0.4, 0.5) is 0 Å². The van der Waals surface area contributed by atoms with E-state index < -0.39 is 0 Å². The summed E-state index contributed by atoms with van der Waals surface area (Å²) in [6.45, 7) is 8.30. The summed E-state index contributed by atoms with van der Waals surface area (Å²) in [6, 6.07) is 2.26. The van der Waals surface area contributed by atoms with Gasteiger partial charge in [-0.05, 0) is 47.0 Å². The fourth-order valence-corrected chi connectivity index (χ4v) is 3.99. The lowest BCUT2D eigenvalue weighted by Crippen LogP contribution is -2.48. The third-order valence-electron chi connectivity index (χ3n) is 4.17. The Labute approximate surface area is 136 Å². The van der Waals surface area contributed by atoms with Gasteiger partial charge in [0.05, 0.1) is 5.75 Å². The Kier molecular flexibility index (Phi) is 5.67. The Hall–Kier alpha value is -1.30. The van der Waals surface area contributed by atoms with Gasteiger partial charge in [0.2, 0.25) is 5.91 Å². The smallest absolute Gasteiger partial charge is 0.273 e. The van der Waals surface area contributed by atoms with E-state index in [0.29, 0.717) is 23.0 Å². The number of hydrogen-bond acceptors (Lipinski definition) is 4. The minimum absolute atomic E-state index is 0.137. The van der Waals surface area contributed by atoms with Crippen molar-refractivity contribution in [1.82, 2.24) is 14.5 Å². The fourth-order valence-electron chi connectivity index (χ4n) is 3.01. The molecule has 2 rings (SSSR count). The van der Waals surface area contributed by atoms with Gasteiger partial charge in [-0.25, -0.2) is 0 Å². The molecule has 0 spiro atoms. The molecule has 22 heavy (non-hydrogen) atoms. The summed E-state index contributed by atoms with van der Waals surface area (Å²) in [4.78, 5) is 30.1. The summed E-state index contributed by atoms with van der Waals surface area (Å²) in [5.41, 5.74) is -0.258. The molecular weight excluding hydrogens is 298 g/mol. The molecule has 1 fully saturated rings. The lowest BCUT2D eigenvalue weighted by Gasteiger charge is -2.39. The van der Waals surface area contributed by atoms with Crippen LogP contribution in [0.2, 0.25) is 0 Å². The molecule has 0 bridgehead atoms. The van der Waals surface area contributed by atoms with Crippen LogP contribution >= 0.6 is 11.8 Å². The monoisotopic (exact) mass is 323 g/mol. The molecule has 1 saturated heterocycles. The van der Waals surface area contributed by atoms with Gasteiger partial charge in [-0.15, -0.1) is 0 Å². The summed E-state index contributed by atoms with van der Waals surface area (Å²) in [6.07, 6.45) is 5.08. The quantitative estimate of drug-likeness (QED) is 0.631. The summed E-state index contributed by atoms with van der Waals surface area (Å²) >= 11 is 1.36. The molecule has 0 radical (unpaired) electrons. The van der Waals surface area contributed by atoms with Gasteiger partial charge in [0, 0.05) is 30.4 Å². The van der Waals surface area contributed by atoms with Crippen LogP contribution < -0.4 is 5.56 Å². The van der Waals surface area contributed by atoms with E-state index in [-0.39, 0.29) is 17.5 Å². The van der Waals surface area contributed by atoms with Crippen LogP contribution in [0.25, 0.3) is 0 Å². The molecule has 2 heterocycles. The number of piperidine rings is 1. The number of nitrogens with zero attached hydrogens (tertiary/aromatic N) is 3. The second-order valence-corrected chi connectivity index (χ2v) is 7.21. The molecule has 2 atom stereocenters. The van der Waals surface area contributed by atoms with Crippen molar-refractivity contribution in [3.8, 4) is 0 Å². The van der Waals surface area contributed by atoms with Gasteiger partial charge in [0.15, 0.2) is 5.16 Å². The summed E-state index contributed by atoms with van der Waals surface area (Å²) in [5.74, 6) is 0.468. The van der Waals surface area contributed by atoms with Gasteiger partial charge in [-0.1, -0.05) is 11.8 Å². The lowest BCUT2D eigenvalue weighted by atomic mass is 9.98. The maximum atomic E-state index is 12.5. The summed E-state index contributed by atoms with van der Waals surface area (Å²) in [5, 5.41) is 0.619. The largest absolute Gasteiger partial charge is 0.337 e. The van der Waals surface area contributed by atoms with Gasteiger partial charge >= 0.3 is 0 Å². The van der Waals surface area contributed by atoms with Gasteiger partial charge in [-0.3, -0.25) is 9.59 Å². The molecule has 0 aliphatic carbocycles. The van der Waals surface area contributed by atoms with E-state index in [0.717, 1.165) is 12.8 Å². The number of likely N-dealkylation sites (tertiary alicyclic amines) is 1. The molecule has 1 aromatic heterocycles. The van der Waals surface area contributed by atoms with Crippen LogP contribution in [0, 0.1) is 0 Å². The third-order valence-corrected chi connectivity index (χ3v) is 5.12. The van der Waals surface area contributed by atoms with E-state index >= 15 is 0 Å². The van der Waals surface area contributed by atoms with Crippen LogP contribution in [0.1, 0.15) is 53.0 Å². The molecule has 1 aliphatic heterocycles. The van der Waals surface area contributed by atoms with Crippen molar-refractivity contribution in [2.75, 3.05) is 5.75 Å². The van der Waals surface area contributed by atoms with Gasteiger partial charge in [0.1, 0.15) is 0 Å². The van der Waals surface area contributed by atoms with Crippen molar-refractivity contribution in [1.29, 1.82) is 0 Å². The first-order chi connectivity index (χ1) is 10.4. The maximum Gasteiger partial charge on any atom is 0.273 e. The minimum atomic E-state index is -0.258. The second kappa shape index (κ2) is 7.31. The molecule has 0 unspecified atom stereocenters. The first-order valence-electron chi connectivity index (χ1n) is 7.93. The number of carbonyl (C=O) groups is 1. The Balaban J connectivity index is 2.08. The number of thioether (sulfide) groups is 1. The van der Waals surface area contributed by atoms with Crippen molar-refractivity contribution in [3.63, 3.8) is 0 Å². The number of carbonyl (C=O) groups excluding carboxylic acids is 1. The molecule has 1 amide bonds. The Morgan fingerprint density at radius 3 is 2.59 bits per heavy atom. The van der Waals surface area contributed by atoms with Crippen LogP contribution in [0.3, 0.4) is 0 Å². The highest BCUT2D eigenvalue weighted by Crippen LogP contribution is 2.25. The molecule has 0 saturated carbocycles. The molecule has 0 N–H and O–H groups in total. The topological polar surface area (TPSA) is 55.2 Å². The maximum absolute atomic E-state index is 12.5. The molecule has 6 heteroatoms. The zero-order chi connectivity index (χ0) is 16.3. The molecular formula is C16H25N3O2S. The van der Waals surface area contributed by atoms with Crippen LogP contribution in [-0.2, 0) is 4.79 Å². The van der Waals surface area contributed by atoms with Crippen molar-refractivity contribution < 1.29 is 4.79 Å². The molecule has 1 aliphatic rings. The molecule has 5 nitrogen and oxygen atoms in total.